The molecule has 2 aliphatic rings. The summed E-state index contributed by atoms with van der Waals surface area (Å²) in [4.78, 5) is 34.4. The van der Waals surface area contributed by atoms with Crippen LogP contribution in [0.3, 0.4) is 0 Å². The van der Waals surface area contributed by atoms with E-state index >= 15 is 0 Å². The zero-order valence-corrected chi connectivity index (χ0v) is 17.3. The summed E-state index contributed by atoms with van der Waals surface area (Å²) in [6.45, 7) is 0.340. The highest BCUT2D eigenvalue weighted by Gasteiger charge is 2.28. The number of hydrogen-bond acceptors (Lipinski definition) is 6. The summed E-state index contributed by atoms with van der Waals surface area (Å²) in [7, 11) is 1.55. The number of nitrogens with zero attached hydrogens (tertiary/aromatic N) is 3. The molecule has 0 saturated heterocycles. The molecule has 0 radical (unpaired) electrons. The third-order valence-corrected chi connectivity index (χ3v) is 5.61. The van der Waals surface area contributed by atoms with E-state index in [1.54, 1.807) is 30.3 Å². The number of carbonyl (C=O) groups is 2. The van der Waals surface area contributed by atoms with Crippen LogP contribution in [0.1, 0.15) is 31.2 Å². The largest absolute Gasteiger partial charge is 0.446 e. The Hall–Kier alpha value is -3.07. The number of carbonyl (C=O) groups excluding carboxylic acids is 2. The van der Waals surface area contributed by atoms with Gasteiger partial charge >= 0.3 is 12.1 Å². The molecule has 0 unspecified atom stereocenters. The highest BCUT2D eigenvalue weighted by atomic mass is 35.5. The number of rotatable bonds is 4. The molecule has 30 heavy (non-hydrogen) atoms. The summed E-state index contributed by atoms with van der Waals surface area (Å²) >= 11 is 6.24. The number of nitrogens with one attached hydrogen (secondary N) is 3. The molecule has 3 N–H and O–H groups in total. The van der Waals surface area contributed by atoms with Gasteiger partial charge in [0.2, 0.25) is 5.95 Å². The average Bonchev–Trinajstić information content (AvgIpc) is 2.75. The minimum absolute atomic E-state index is 0.0671. The Morgan fingerprint density at radius 2 is 2.03 bits per heavy atom. The van der Waals surface area contributed by atoms with Gasteiger partial charge in [-0.15, -0.1) is 0 Å². The van der Waals surface area contributed by atoms with Crippen molar-refractivity contribution in [1.29, 1.82) is 0 Å². The lowest BCUT2D eigenvalue weighted by Gasteiger charge is -2.30. The van der Waals surface area contributed by atoms with Crippen molar-refractivity contribution in [3.63, 3.8) is 0 Å². The maximum absolute atomic E-state index is 12.6. The standard InChI is InChI=1S/C20H23ClN6O3/c1-22-20(29)30-14-8-6-13(7-9-14)24-18-23-10-12-11-27(19(28)26-17(12)25-18)16-5-3-2-4-15(16)21/h2-5,10,13-14H,6-9,11H2,1H3,(H,22,29)(H2,23,24,25,26,28). The van der Waals surface area contributed by atoms with Crippen molar-refractivity contribution >= 4 is 41.2 Å². The summed E-state index contributed by atoms with van der Waals surface area (Å²) < 4.78 is 5.31. The zero-order valence-electron chi connectivity index (χ0n) is 16.5. The number of halogens is 1. The Balaban J connectivity index is 1.39. The van der Waals surface area contributed by atoms with Crippen LogP contribution in [0, 0.1) is 0 Å². The molecule has 1 fully saturated rings. The van der Waals surface area contributed by atoms with Gasteiger partial charge in [-0.3, -0.25) is 10.2 Å². The molecule has 0 spiro atoms. The first kappa shape index (κ1) is 20.2. The number of benzene rings is 1. The highest BCUT2D eigenvalue weighted by Crippen LogP contribution is 2.31. The van der Waals surface area contributed by atoms with Crippen molar-refractivity contribution in [3.05, 3.63) is 41.0 Å². The maximum atomic E-state index is 12.6. The van der Waals surface area contributed by atoms with Gasteiger partial charge in [-0.1, -0.05) is 23.7 Å². The average molecular weight is 431 g/mol. The quantitative estimate of drug-likeness (QED) is 0.681. The molecule has 4 rings (SSSR count). The van der Waals surface area contributed by atoms with E-state index < -0.39 is 6.09 Å². The summed E-state index contributed by atoms with van der Waals surface area (Å²) in [5.41, 5.74) is 1.45. The molecule has 2 aromatic rings. The number of amides is 3. The molecule has 1 aromatic carbocycles. The number of alkyl carbamates (subject to hydrolysis) is 1. The molecular weight excluding hydrogens is 408 g/mol. The summed E-state index contributed by atoms with van der Waals surface area (Å²) in [6, 6.07) is 7.10. The van der Waals surface area contributed by atoms with Crippen LogP contribution in [-0.2, 0) is 11.3 Å². The predicted molar refractivity (Wildman–Crippen MR) is 114 cm³/mol. The second kappa shape index (κ2) is 8.74. The van der Waals surface area contributed by atoms with Crippen molar-refractivity contribution in [2.24, 2.45) is 0 Å². The van der Waals surface area contributed by atoms with Crippen molar-refractivity contribution < 1.29 is 14.3 Å². The van der Waals surface area contributed by atoms with E-state index in [4.69, 9.17) is 16.3 Å². The molecular formula is C20H23ClN6O3. The van der Waals surface area contributed by atoms with Crippen LogP contribution in [-0.4, -0.2) is 41.3 Å². The SMILES string of the molecule is CNC(=O)OC1CCC(Nc2ncc3c(n2)NC(=O)N(c2ccccc2Cl)C3)CC1. The number of aromatic nitrogens is 2. The van der Waals surface area contributed by atoms with Gasteiger partial charge in [0.15, 0.2) is 0 Å². The first-order chi connectivity index (χ1) is 14.5. The first-order valence-electron chi connectivity index (χ1n) is 9.87. The van der Waals surface area contributed by atoms with Crippen molar-refractivity contribution in [1.82, 2.24) is 15.3 Å². The monoisotopic (exact) mass is 430 g/mol. The Morgan fingerprint density at radius 3 is 2.77 bits per heavy atom. The third-order valence-electron chi connectivity index (χ3n) is 5.29. The third kappa shape index (κ3) is 4.40. The lowest BCUT2D eigenvalue weighted by atomic mass is 9.93. The minimum atomic E-state index is -0.397. The van der Waals surface area contributed by atoms with E-state index in [-0.39, 0.29) is 18.2 Å². The molecule has 1 aliphatic carbocycles. The van der Waals surface area contributed by atoms with Gasteiger partial charge in [-0.2, -0.15) is 4.98 Å². The molecule has 0 atom stereocenters. The van der Waals surface area contributed by atoms with Gasteiger partial charge < -0.3 is 15.4 Å². The lowest BCUT2D eigenvalue weighted by Crippen LogP contribution is -2.39. The van der Waals surface area contributed by atoms with E-state index in [1.165, 1.54) is 0 Å². The fourth-order valence-corrected chi connectivity index (χ4v) is 3.93. The number of hydrogen-bond donors (Lipinski definition) is 3. The van der Waals surface area contributed by atoms with E-state index in [1.807, 2.05) is 12.1 Å². The van der Waals surface area contributed by atoms with Gasteiger partial charge in [0.25, 0.3) is 0 Å². The van der Waals surface area contributed by atoms with Crippen molar-refractivity contribution in [2.75, 3.05) is 22.6 Å². The van der Waals surface area contributed by atoms with Gasteiger partial charge in [0.05, 0.1) is 17.3 Å². The fraction of sp³-hybridized carbons (Fsp3) is 0.400. The van der Waals surface area contributed by atoms with Gasteiger partial charge in [-0.05, 0) is 37.8 Å². The van der Waals surface area contributed by atoms with Crippen LogP contribution in [0.2, 0.25) is 5.02 Å². The first-order valence-corrected chi connectivity index (χ1v) is 10.2. The van der Waals surface area contributed by atoms with Gasteiger partial charge in [0, 0.05) is 24.8 Å². The zero-order chi connectivity index (χ0) is 21.1. The Bertz CT molecular complexity index is 948. The predicted octanol–water partition coefficient (Wildman–Crippen LogP) is 3.76. The minimum Gasteiger partial charge on any atom is -0.446 e. The van der Waals surface area contributed by atoms with E-state index in [0.29, 0.717) is 29.0 Å². The molecule has 0 bridgehead atoms. The van der Waals surface area contributed by atoms with E-state index in [9.17, 15) is 9.59 Å². The molecule has 9 nitrogen and oxygen atoms in total. The molecule has 3 amide bonds. The number of urea groups is 1. The fourth-order valence-electron chi connectivity index (χ4n) is 3.69. The summed E-state index contributed by atoms with van der Waals surface area (Å²) in [5, 5.41) is 9.12. The van der Waals surface area contributed by atoms with Crippen LogP contribution in [0.5, 0.6) is 0 Å². The Labute approximate surface area is 179 Å². The Kier molecular flexibility index (Phi) is 5.89. The van der Waals surface area contributed by atoms with Crippen LogP contribution in [0.25, 0.3) is 0 Å². The normalized spacial score (nSPS) is 20.7. The van der Waals surface area contributed by atoms with Gasteiger partial charge in [0.1, 0.15) is 11.9 Å². The summed E-state index contributed by atoms with van der Waals surface area (Å²) in [6.07, 6.45) is 4.49. The molecule has 158 valence electrons. The second-order valence-electron chi connectivity index (χ2n) is 7.31. The number of ether oxygens (including phenoxy) is 1. The molecule has 2 heterocycles. The summed E-state index contributed by atoms with van der Waals surface area (Å²) in [5.74, 6) is 0.966. The van der Waals surface area contributed by atoms with E-state index in [0.717, 1.165) is 31.2 Å². The molecule has 1 saturated carbocycles. The second-order valence-corrected chi connectivity index (χ2v) is 7.72. The van der Waals surface area contributed by atoms with E-state index in [2.05, 4.69) is 25.9 Å². The van der Waals surface area contributed by atoms with Crippen molar-refractivity contribution in [3.8, 4) is 0 Å². The van der Waals surface area contributed by atoms with Gasteiger partial charge in [-0.25, -0.2) is 14.6 Å². The van der Waals surface area contributed by atoms with Crippen LogP contribution >= 0.6 is 11.6 Å². The van der Waals surface area contributed by atoms with Crippen LogP contribution < -0.4 is 20.9 Å². The van der Waals surface area contributed by atoms with Crippen LogP contribution in [0.4, 0.5) is 27.0 Å². The smallest absolute Gasteiger partial charge is 0.407 e. The topological polar surface area (TPSA) is 108 Å². The number of fused-ring (bicyclic) bond motifs is 1. The number of anilines is 3. The van der Waals surface area contributed by atoms with Crippen LogP contribution in [0.15, 0.2) is 30.5 Å². The van der Waals surface area contributed by atoms with Crippen molar-refractivity contribution in [2.45, 2.75) is 44.4 Å². The maximum Gasteiger partial charge on any atom is 0.407 e. The lowest BCUT2D eigenvalue weighted by molar-refractivity contribution is 0.0747. The number of para-hydroxylation sites is 1. The highest BCUT2D eigenvalue weighted by molar-refractivity contribution is 6.34. The molecule has 1 aliphatic heterocycles. The molecule has 10 heteroatoms. The Morgan fingerprint density at radius 1 is 1.27 bits per heavy atom. The molecule has 1 aromatic heterocycles.